The second-order valence-electron chi connectivity index (χ2n) is 7.48. The molecule has 1 heterocycles. The van der Waals surface area contributed by atoms with E-state index < -0.39 is 0 Å². The van der Waals surface area contributed by atoms with Gasteiger partial charge in [0.1, 0.15) is 0 Å². The molecule has 172 valence electrons. The zero-order valence-corrected chi connectivity index (χ0v) is 21.2. The highest BCUT2D eigenvalue weighted by Gasteiger charge is 2.13. The minimum Gasteiger partial charge on any atom is -0.382 e. The van der Waals surface area contributed by atoms with Gasteiger partial charge in [0.15, 0.2) is 5.96 Å². The Balaban J connectivity index is 0.00000450. The van der Waals surface area contributed by atoms with Gasteiger partial charge in [-0.1, -0.05) is 24.3 Å². The molecule has 1 saturated heterocycles. The van der Waals surface area contributed by atoms with Gasteiger partial charge in [-0.25, -0.2) is 4.99 Å². The van der Waals surface area contributed by atoms with Crippen molar-refractivity contribution in [1.29, 1.82) is 0 Å². The molecule has 0 atom stereocenters. The highest BCUT2D eigenvalue weighted by Crippen LogP contribution is 2.10. The highest BCUT2D eigenvalue weighted by atomic mass is 127. The molecule has 0 aliphatic carbocycles. The zero-order valence-electron chi connectivity index (χ0n) is 18.9. The van der Waals surface area contributed by atoms with Crippen molar-refractivity contribution in [3.63, 3.8) is 0 Å². The number of hydrogen-bond donors (Lipinski definition) is 2. The van der Waals surface area contributed by atoms with E-state index >= 15 is 0 Å². The van der Waals surface area contributed by atoms with Crippen molar-refractivity contribution < 1.29 is 9.47 Å². The molecule has 1 aliphatic heterocycles. The van der Waals surface area contributed by atoms with Crippen molar-refractivity contribution in [2.45, 2.75) is 26.4 Å². The van der Waals surface area contributed by atoms with E-state index in [-0.39, 0.29) is 24.0 Å². The third-order valence-electron chi connectivity index (χ3n) is 4.98. The van der Waals surface area contributed by atoms with E-state index in [2.05, 4.69) is 58.7 Å². The average molecular weight is 533 g/mol. The number of methoxy groups -OCH3 is 1. The van der Waals surface area contributed by atoms with Crippen LogP contribution < -0.4 is 10.6 Å². The van der Waals surface area contributed by atoms with Gasteiger partial charge >= 0.3 is 0 Å². The molecule has 1 aromatic rings. The fraction of sp³-hybridized carbons (Fsp3) is 0.682. The van der Waals surface area contributed by atoms with E-state index in [0.29, 0.717) is 19.8 Å². The number of likely N-dealkylation sites (N-methyl/N-ethyl adjacent to an activating group) is 1. The van der Waals surface area contributed by atoms with Gasteiger partial charge in [0.05, 0.1) is 19.8 Å². The monoisotopic (exact) mass is 533 g/mol. The number of rotatable bonds is 12. The predicted octanol–water partition coefficient (Wildman–Crippen LogP) is 2.16. The number of benzene rings is 1. The molecule has 1 aliphatic rings. The number of nitrogens with one attached hydrogen (secondary N) is 2. The number of aliphatic imine (C=N–C) groups is 1. The lowest BCUT2D eigenvalue weighted by atomic mass is 10.1. The van der Waals surface area contributed by atoms with Crippen molar-refractivity contribution in [3.05, 3.63) is 35.4 Å². The first-order chi connectivity index (χ1) is 14.2. The molecule has 2 N–H and O–H groups in total. The van der Waals surface area contributed by atoms with E-state index in [4.69, 9.17) is 14.5 Å². The van der Waals surface area contributed by atoms with Crippen LogP contribution in [0.25, 0.3) is 0 Å². The van der Waals surface area contributed by atoms with Gasteiger partial charge in [-0.15, -0.1) is 24.0 Å². The first-order valence-electron chi connectivity index (χ1n) is 10.8. The maximum atomic E-state index is 5.48. The molecular formula is C22H40IN5O2. The van der Waals surface area contributed by atoms with Gasteiger partial charge in [-0.05, 0) is 31.5 Å². The van der Waals surface area contributed by atoms with Gasteiger partial charge in [-0.2, -0.15) is 0 Å². The van der Waals surface area contributed by atoms with Gasteiger partial charge in [0, 0.05) is 59.5 Å². The SMILES string of the molecule is CCNC(=NCc1ccc(CN2CCN(C)CC2)cc1)NCCCOCCOC.I. The van der Waals surface area contributed by atoms with E-state index in [0.717, 1.165) is 64.8 Å². The Morgan fingerprint density at radius 2 is 1.70 bits per heavy atom. The van der Waals surface area contributed by atoms with Crippen LogP contribution in [-0.2, 0) is 22.6 Å². The van der Waals surface area contributed by atoms with Crippen LogP contribution in [0.2, 0.25) is 0 Å². The topological polar surface area (TPSA) is 61.4 Å². The van der Waals surface area contributed by atoms with Crippen LogP contribution in [-0.4, -0.2) is 89.0 Å². The van der Waals surface area contributed by atoms with Crippen LogP contribution >= 0.6 is 24.0 Å². The summed E-state index contributed by atoms with van der Waals surface area (Å²) in [6.45, 7) is 12.1. The molecule has 0 aromatic heterocycles. The Morgan fingerprint density at radius 3 is 2.37 bits per heavy atom. The third kappa shape index (κ3) is 11.5. The minimum atomic E-state index is 0. The van der Waals surface area contributed by atoms with Crippen LogP contribution in [0.4, 0.5) is 0 Å². The molecule has 1 fully saturated rings. The lowest BCUT2D eigenvalue weighted by Crippen LogP contribution is -2.43. The fourth-order valence-corrected chi connectivity index (χ4v) is 3.15. The summed E-state index contributed by atoms with van der Waals surface area (Å²) in [5, 5.41) is 6.67. The summed E-state index contributed by atoms with van der Waals surface area (Å²) in [5.41, 5.74) is 2.60. The normalized spacial score (nSPS) is 15.6. The Kier molecular flexibility index (Phi) is 15.1. The summed E-state index contributed by atoms with van der Waals surface area (Å²) in [4.78, 5) is 9.62. The number of halogens is 1. The quantitative estimate of drug-likeness (QED) is 0.186. The Labute approximate surface area is 199 Å². The molecule has 8 heteroatoms. The number of nitrogens with zero attached hydrogens (tertiary/aromatic N) is 3. The lowest BCUT2D eigenvalue weighted by Gasteiger charge is -2.32. The van der Waals surface area contributed by atoms with Gasteiger partial charge < -0.3 is 25.0 Å². The molecular weight excluding hydrogens is 493 g/mol. The van der Waals surface area contributed by atoms with Crippen LogP contribution in [0.3, 0.4) is 0 Å². The van der Waals surface area contributed by atoms with Gasteiger partial charge in [0.25, 0.3) is 0 Å². The molecule has 0 unspecified atom stereocenters. The van der Waals surface area contributed by atoms with Crippen LogP contribution in [0.1, 0.15) is 24.5 Å². The number of hydrogen-bond acceptors (Lipinski definition) is 5. The predicted molar refractivity (Wildman–Crippen MR) is 135 cm³/mol. The molecule has 0 bridgehead atoms. The van der Waals surface area contributed by atoms with E-state index in [1.807, 2.05) is 0 Å². The third-order valence-corrected chi connectivity index (χ3v) is 4.98. The second-order valence-corrected chi connectivity index (χ2v) is 7.48. The van der Waals surface area contributed by atoms with Crippen molar-refractivity contribution in [1.82, 2.24) is 20.4 Å². The molecule has 30 heavy (non-hydrogen) atoms. The first kappa shape index (κ1) is 27.1. The van der Waals surface area contributed by atoms with Gasteiger partial charge in [-0.3, -0.25) is 4.90 Å². The summed E-state index contributed by atoms with van der Waals surface area (Å²) in [5.74, 6) is 0.853. The van der Waals surface area contributed by atoms with Gasteiger partial charge in [0.2, 0.25) is 0 Å². The van der Waals surface area contributed by atoms with Crippen molar-refractivity contribution in [3.8, 4) is 0 Å². The van der Waals surface area contributed by atoms with Crippen molar-refractivity contribution in [2.75, 3.05) is 73.2 Å². The maximum absolute atomic E-state index is 5.48. The molecule has 0 spiro atoms. The Bertz CT molecular complexity index is 577. The van der Waals surface area contributed by atoms with Crippen LogP contribution in [0, 0.1) is 0 Å². The largest absolute Gasteiger partial charge is 0.382 e. The van der Waals surface area contributed by atoms with E-state index in [1.165, 1.54) is 11.1 Å². The molecule has 0 saturated carbocycles. The fourth-order valence-electron chi connectivity index (χ4n) is 3.15. The van der Waals surface area contributed by atoms with Crippen LogP contribution in [0.5, 0.6) is 0 Å². The summed E-state index contributed by atoms with van der Waals surface area (Å²) >= 11 is 0. The molecule has 0 amide bonds. The lowest BCUT2D eigenvalue weighted by molar-refractivity contribution is 0.0698. The van der Waals surface area contributed by atoms with E-state index in [9.17, 15) is 0 Å². The first-order valence-corrected chi connectivity index (χ1v) is 10.8. The Hall–Kier alpha value is -0.940. The molecule has 0 radical (unpaired) electrons. The number of guanidine groups is 1. The number of ether oxygens (including phenoxy) is 2. The molecule has 2 rings (SSSR count). The summed E-state index contributed by atoms with van der Waals surface area (Å²) < 4.78 is 10.5. The average Bonchev–Trinajstić information content (AvgIpc) is 2.74. The highest BCUT2D eigenvalue weighted by molar-refractivity contribution is 14.0. The maximum Gasteiger partial charge on any atom is 0.191 e. The van der Waals surface area contributed by atoms with Crippen molar-refractivity contribution in [2.24, 2.45) is 4.99 Å². The summed E-state index contributed by atoms with van der Waals surface area (Å²) in [6.07, 6.45) is 0.940. The smallest absolute Gasteiger partial charge is 0.191 e. The Morgan fingerprint density at radius 1 is 1.00 bits per heavy atom. The second kappa shape index (κ2) is 16.7. The van der Waals surface area contributed by atoms with E-state index in [1.54, 1.807) is 7.11 Å². The standard InChI is InChI=1S/C22H39N5O2.HI/c1-4-23-22(24-10-5-15-29-17-16-28-3)25-18-20-6-8-21(9-7-20)19-27-13-11-26(2)12-14-27;/h6-9H,4-5,10-19H2,1-3H3,(H2,23,24,25);1H. The zero-order chi connectivity index (χ0) is 20.7. The minimum absolute atomic E-state index is 0. The summed E-state index contributed by atoms with van der Waals surface area (Å²) in [6, 6.07) is 8.87. The van der Waals surface area contributed by atoms with Crippen molar-refractivity contribution >= 4 is 29.9 Å². The summed E-state index contributed by atoms with van der Waals surface area (Å²) in [7, 11) is 3.88. The molecule has 1 aromatic carbocycles. The van der Waals surface area contributed by atoms with Crippen LogP contribution in [0.15, 0.2) is 29.3 Å². The molecule has 7 nitrogen and oxygen atoms in total. The number of piperazine rings is 1.